The van der Waals surface area contributed by atoms with Crippen LogP contribution in [0.5, 0.6) is 0 Å². The largest absolute Gasteiger partial charge is 0.466 e. The van der Waals surface area contributed by atoms with Gasteiger partial charge in [-0.2, -0.15) is 0 Å². The van der Waals surface area contributed by atoms with Crippen LogP contribution in [0.15, 0.2) is 23.4 Å². The predicted molar refractivity (Wildman–Crippen MR) is 61.7 cm³/mol. The van der Waals surface area contributed by atoms with Crippen molar-refractivity contribution in [2.45, 2.75) is 19.8 Å². The monoisotopic (exact) mass is 239 g/mol. The van der Waals surface area contributed by atoms with E-state index < -0.39 is 11.9 Å². The fourth-order valence-corrected chi connectivity index (χ4v) is 1.32. The number of rotatable bonds is 5. The average molecular weight is 239 g/mol. The Balaban J connectivity index is 2.86. The number of carbonyl (C=O) groups is 2. The molecule has 1 aliphatic rings. The van der Waals surface area contributed by atoms with Crippen LogP contribution in [-0.4, -0.2) is 25.7 Å². The van der Waals surface area contributed by atoms with E-state index in [1.807, 2.05) is 0 Å². The van der Waals surface area contributed by atoms with Gasteiger partial charge in [-0.15, -0.1) is 0 Å². The molecule has 1 aliphatic carbocycles. The number of methoxy groups -OCH3 is 1. The Labute approximate surface area is 100 Å². The first-order valence-electron chi connectivity index (χ1n) is 5.53. The maximum Gasteiger partial charge on any atom is 0.339 e. The minimum Gasteiger partial charge on any atom is -0.466 e. The van der Waals surface area contributed by atoms with E-state index in [2.05, 4.69) is 4.74 Å². The molecule has 0 saturated heterocycles. The smallest absolute Gasteiger partial charge is 0.339 e. The van der Waals surface area contributed by atoms with Gasteiger partial charge in [-0.3, -0.25) is 0 Å². The van der Waals surface area contributed by atoms with Crippen LogP contribution in [0.25, 0.3) is 0 Å². The molecule has 1 fully saturated rings. The third kappa shape index (κ3) is 3.94. The van der Waals surface area contributed by atoms with Gasteiger partial charge in [0.1, 0.15) is 0 Å². The minimum absolute atomic E-state index is 0.233. The van der Waals surface area contributed by atoms with Gasteiger partial charge in [-0.05, 0) is 31.8 Å². The Morgan fingerprint density at radius 2 is 2.00 bits per heavy atom. The number of allylic oxidation sites excluding steroid dienone is 1. The fourth-order valence-electron chi connectivity index (χ4n) is 1.32. The zero-order valence-corrected chi connectivity index (χ0v) is 10.1. The molecule has 1 rings (SSSR count). The first-order chi connectivity index (χ1) is 8.10. The molecule has 0 aromatic heterocycles. The molecule has 0 spiro atoms. The molecule has 0 atom stereocenters. The van der Waals surface area contributed by atoms with Crippen LogP contribution in [0.3, 0.4) is 0 Å². The molecular weight excluding hydrogens is 222 g/mol. The molecule has 1 saturated carbocycles. The van der Waals surface area contributed by atoms with Gasteiger partial charge < -0.3 is 15.2 Å². The lowest BCUT2D eigenvalue weighted by atomic mass is 10.1. The highest BCUT2D eigenvalue weighted by Gasteiger charge is 2.28. The van der Waals surface area contributed by atoms with E-state index in [0.717, 1.165) is 12.8 Å². The second-order valence-electron chi connectivity index (χ2n) is 3.72. The molecule has 94 valence electrons. The second kappa shape index (κ2) is 6.08. The van der Waals surface area contributed by atoms with Gasteiger partial charge in [-0.25, -0.2) is 9.59 Å². The summed E-state index contributed by atoms with van der Waals surface area (Å²) in [6.45, 7) is 1.99. The topological polar surface area (TPSA) is 78.6 Å². The number of ether oxygens (including phenoxy) is 2. The second-order valence-corrected chi connectivity index (χ2v) is 3.72. The average Bonchev–Trinajstić information content (AvgIpc) is 3.12. The molecule has 0 radical (unpaired) electrons. The van der Waals surface area contributed by atoms with Crippen molar-refractivity contribution in [3.63, 3.8) is 0 Å². The SMILES string of the molecule is CCOC(=O)C(/C=C/C(=O)OC)=C(\N)C1CC1. The molecular formula is C12H17NO4. The number of esters is 2. The van der Waals surface area contributed by atoms with Crippen molar-refractivity contribution in [2.75, 3.05) is 13.7 Å². The number of carbonyl (C=O) groups excluding carboxylic acids is 2. The summed E-state index contributed by atoms with van der Waals surface area (Å²) in [5.74, 6) is -0.802. The Hall–Kier alpha value is -1.78. The zero-order valence-electron chi connectivity index (χ0n) is 10.1. The van der Waals surface area contributed by atoms with Crippen LogP contribution in [0.2, 0.25) is 0 Å². The first kappa shape index (κ1) is 13.3. The highest BCUT2D eigenvalue weighted by molar-refractivity contribution is 5.94. The van der Waals surface area contributed by atoms with Crippen LogP contribution >= 0.6 is 0 Å². The van der Waals surface area contributed by atoms with E-state index in [-0.39, 0.29) is 18.1 Å². The molecule has 5 nitrogen and oxygen atoms in total. The molecule has 2 N–H and O–H groups in total. The fraction of sp³-hybridized carbons (Fsp3) is 0.500. The summed E-state index contributed by atoms with van der Waals surface area (Å²) in [4.78, 5) is 22.6. The van der Waals surface area contributed by atoms with Crippen LogP contribution < -0.4 is 5.73 Å². The molecule has 0 aromatic rings. The summed E-state index contributed by atoms with van der Waals surface area (Å²) in [7, 11) is 1.27. The molecule has 0 aliphatic heterocycles. The van der Waals surface area contributed by atoms with E-state index >= 15 is 0 Å². The summed E-state index contributed by atoms with van der Waals surface area (Å²) in [5.41, 5.74) is 6.60. The lowest BCUT2D eigenvalue weighted by Crippen LogP contribution is -2.14. The van der Waals surface area contributed by atoms with E-state index in [1.54, 1.807) is 6.92 Å². The molecule has 0 amide bonds. The standard InChI is InChI=1S/C12H17NO4/c1-3-17-12(15)9(6-7-10(14)16-2)11(13)8-4-5-8/h6-8H,3-5,13H2,1-2H3/b7-6+,11-9-. The van der Waals surface area contributed by atoms with Gasteiger partial charge in [0.15, 0.2) is 0 Å². The molecule has 17 heavy (non-hydrogen) atoms. The molecule has 5 heteroatoms. The van der Waals surface area contributed by atoms with Gasteiger partial charge in [-0.1, -0.05) is 0 Å². The normalized spacial score (nSPS) is 16.6. The van der Waals surface area contributed by atoms with Gasteiger partial charge in [0.25, 0.3) is 0 Å². The Morgan fingerprint density at radius 1 is 1.35 bits per heavy atom. The summed E-state index contributed by atoms with van der Waals surface area (Å²) in [6, 6.07) is 0. The third-order valence-electron chi connectivity index (χ3n) is 2.41. The minimum atomic E-state index is -0.532. The zero-order chi connectivity index (χ0) is 12.8. The highest BCUT2D eigenvalue weighted by atomic mass is 16.5. The molecule has 0 bridgehead atoms. The van der Waals surface area contributed by atoms with Gasteiger partial charge in [0.05, 0.1) is 19.3 Å². The molecule has 0 heterocycles. The number of hydrogen-bond donors (Lipinski definition) is 1. The van der Waals surface area contributed by atoms with Gasteiger partial charge >= 0.3 is 11.9 Å². The predicted octanol–water partition coefficient (Wildman–Crippen LogP) is 0.901. The third-order valence-corrected chi connectivity index (χ3v) is 2.41. The van der Waals surface area contributed by atoms with Crippen molar-refractivity contribution < 1.29 is 19.1 Å². The Bertz CT molecular complexity index is 367. The van der Waals surface area contributed by atoms with Gasteiger partial charge in [0.2, 0.25) is 0 Å². The highest BCUT2D eigenvalue weighted by Crippen LogP contribution is 2.35. The van der Waals surface area contributed by atoms with Crippen molar-refractivity contribution in [3.05, 3.63) is 23.4 Å². The number of hydrogen-bond acceptors (Lipinski definition) is 5. The summed E-state index contributed by atoms with van der Waals surface area (Å²) >= 11 is 0. The van der Waals surface area contributed by atoms with Crippen LogP contribution in [0.1, 0.15) is 19.8 Å². The van der Waals surface area contributed by atoms with Crippen molar-refractivity contribution in [1.82, 2.24) is 0 Å². The van der Waals surface area contributed by atoms with Gasteiger partial charge in [0, 0.05) is 11.8 Å². The van der Waals surface area contributed by atoms with E-state index in [4.69, 9.17) is 10.5 Å². The maximum atomic E-state index is 11.7. The van der Waals surface area contributed by atoms with Crippen LogP contribution in [0, 0.1) is 5.92 Å². The maximum absolute atomic E-state index is 11.7. The molecule has 0 unspecified atom stereocenters. The number of nitrogens with two attached hydrogens (primary N) is 1. The lowest BCUT2D eigenvalue weighted by molar-refractivity contribution is -0.138. The summed E-state index contributed by atoms with van der Waals surface area (Å²) < 4.78 is 9.34. The first-order valence-corrected chi connectivity index (χ1v) is 5.53. The molecule has 0 aromatic carbocycles. The van der Waals surface area contributed by atoms with Crippen LogP contribution in [-0.2, 0) is 19.1 Å². The van der Waals surface area contributed by atoms with Crippen molar-refractivity contribution in [3.8, 4) is 0 Å². The van der Waals surface area contributed by atoms with Crippen molar-refractivity contribution in [1.29, 1.82) is 0 Å². The summed E-state index contributed by atoms with van der Waals surface area (Å²) in [5, 5.41) is 0. The van der Waals surface area contributed by atoms with E-state index in [0.29, 0.717) is 5.70 Å². The van der Waals surface area contributed by atoms with Crippen LogP contribution in [0.4, 0.5) is 0 Å². The quantitative estimate of drug-likeness (QED) is 0.438. The summed E-state index contributed by atoms with van der Waals surface area (Å²) in [6.07, 6.45) is 4.47. The Kier molecular flexibility index (Phi) is 4.75. The van der Waals surface area contributed by atoms with E-state index in [1.165, 1.54) is 19.3 Å². The lowest BCUT2D eigenvalue weighted by Gasteiger charge is -2.06. The van der Waals surface area contributed by atoms with E-state index in [9.17, 15) is 9.59 Å². The van der Waals surface area contributed by atoms with Crippen molar-refractivity contribution in [2.24, 2.45) is 11.7 Å². The Morgan fingerprint density at radius 3 is 2.47 bits per heavy atom. The van der Waals surface area contributed by atoms with Crippen molar-refractivity contribution >= 4 is 11.9 Å².